The number of carbonyl (C=O) groups excluding carboxylic acids is 1. The average Bonchev–Trinajstić information content (AvgIpc) is 3.14. The quantitative estimate of drug-likeness (QED) is 0.750. The van der Waals surface area contributed by atoms with Gasteiger partial charge in [-0.05, 0) is 6.92 Å². The minimum Gasteiger partial charge on any atom is -0.336 e. The van der Waals surface area contributed by atoms with Crippen LogP contribution in [0.2, 0.25) is 0 Å². The van der Waals surface area contributed by atoms with Crippen LogP contribution in [-0.2, 0) is 24.1 Å². The number of nitrogens with zero attached hydrogens (tertiary/aromatic N) is 6. The predicted molar refractivity (Wildman–Crippen MR) is 85.8 cm³/mol. The normalized spacial score (nSPS) is 16.5. The Morgan fingerprint density at radius 1 is 1.08 bits per heavy atom. The second kappa shape index (κ2) is 6.02. The van der Waals surface area contributed by atoms with E-state index in [1.54, 1.807) is 36.8 Å². The summed E-state index contributed by atoms with van der Waals surface area (Å²) in [6.45, 7) is 2.96. The fraction of sp³-hybridized carbons (Fsp3) is 0.500. The summed E-state index contributed by atoms with van der Waals surface area (Å²) in [5, 5.41) is 7.99. The largest absolute Gasteiger partial charge is 0.336 e. The van der Waals surface area contributed by atoms with E-state index < -0.39 is 10.0 Å². The molecule has 130 valence electrons. The lowest BCUT2D eigenvalue weighted by molar-refractivity contribution is 0.0698. The molecule has 24 heavy (non-hydrogen) atoms. The molecule has 3 rings (SSSR count). The van der Waals surface area contributed by atoms with Crippen LogP contribution >= 0.6 is 0 Å². The summed E-state index contributed by atoms with van der Waals surface area (Å²) in [6, 6.07) is 0. The van der Waals surface area contributed by atoms with Crippen LogP contribution in [0.25, 0.3) is 0 Å². The molecule has 0 saturated carbocycles. The number of piperazine rings is 1. The molecule has 0 aliphatic carbocycles. The van der Waals surface area contributed by atoms with Gasteiger partial charge in [-0.15, -0.1) is 0 Å². The van der Waals surface area contributed by atoms with Crippen LogP contribution in [-0.4, -0.2) is 69.3 Å². The molecular formula is C14H20N6O3S. The lowest BCUT2D eigenvalue weighted by atomic mass is 10.2. The van der Waals surface area contributed by atoms with Crippen molar-refractivity contribution >= 4 is 15.9 Å². The van der Waals surface area contributed by atoms with Crippen molar-refractivity contribution in [3.8, 4) is 0 Å². The van der Waals surface area contributed by atoms with Crippen molar-refractivity contribution in [3.05, 3.63) is 29.8 Å². The number of sulfonamides is 1. The smallest absolute Gasteiger partial charge is 0.257 e. The first-order valence-electron chi connectivity index (χ1n) is 7.57. The Balaban J connectivity index is 1.71. The highest BCUT2D eigenvalue weighted by Crippen LogP contribution is 2.20. The summed E-state index contributed by atoms with van der Waals surface area (Å²) < 4.78 is 30.0. The number of aromatic nitrogens is 4. The minimum absolute atomic E-state index is 0.127. The van der Waals surface area contributed by atoms with Gasteiger partial charge in [0.2, 0.25) is 10.0 Å². The molecule has 3 heterocycles. The first-order chi connectivity index (χ1) is 11.3. The van der Waals surface area contributed by atoms with E-state index in [1.807, 2.05) is 0 Å². The first-order valence-corrected chi connectivity index (χ1v) is 9.01. The Kier molecular flexibility index (Phi) is 4.18. The molecule has 0 aromatic carbocycles. The van der Waals surface area contributed by atoms with Gasteiger partial charge in [-0.3, -0.25) is 14.2 Å². The van der Waals surface area contributed by atoms with Gasteiger partial charge in [0.25, 0.3) is 5.91 Å². The SMILES string of the molecule is Cc1c(S(=O)(=O)N2CCN(C(=O)c3cnn(C)c3)CC2)cnn1C. The van der Waals surface area contributed by atoms with Gasteiger partial charge < -0.3 is 4.90 Å². The van der Waals surface area contributed by atoms with Gasteiger partial charge in [0.1, 0.15) is 4.90 Å². The van der Waals surface area contributed by atoms with Gasteiger partial charge in [-0.1, -0.05) is 0 Å². The molecule has 1 saturated heterocycles. The van der Waals surface area contributed by atoms with E-state index in [2.05, 4.69) is 10.2 Å². The Morgan fingerprint density at radius 2 is 1.75 bits per heavy atom. The summed E-state index contributed by atoms with van der Waals surface area (Å²) in [4.78, 5) is 14.3. The molecule has 0 atom stereocenters. The molecule has 10 heteroatoms. The maximum atomic E-state index is 12.7. The predicted octanol–water partition coefficient (Wildman–Crippen LogP) is -0.391. The maximum Gasteiger partial charge on any atom is 0.257 e. The van der Waals surface area contributed by atoms with Crippen molar-refractivity contribution in [1.29, 1.82) is 0 Å². The van der Waals surface area contributed by atoms with E-state index in [1.165, 1.54) is 21.4 Å². The molecule has 1 amide bonds. The van der Waals surface area contributed by atoms with E-state index in [4.69, 9.17) is 0 Å². The van der Waals surface area contributed by atoms with Crippen LogP contribution in [0.3, 0.4) is 0 Å². The monoisotopic (exact) mass is 352 g/mol. The topological polar surface area (TPSA) is 93.3 Å². The van der Waals surface area contributed by atoms with Gasteiger partial charge in [-0.2, -0.15) is 14.5 Å². The average molecular weight is 352 g/mol. The van der Waals surface area contributed by atoms with Crippen molar-refractivity contribution in [2.45, 2.75) is 11.8 Å². The Morgan fingerprint density at radius 3 is 2.25 bits per heavy atom. The number of aryl methyl sites for hydroxylation is 2. The first kappa shape index (κ1) is 16.7. The third kappa shape index (κ3) is 2.82. The van der Waals surface area contributed by atoms with Crippen molar-refractivity contribution in [1.82, 2.24) is 28.8 Å². The van der Waals surface area contributed by atoms with Crippen LogP contribution in [0.5, 0.6) is 0 Å². The molecule has 2 aromatic heterocycles. The van der Waals surface area contributed by atoms with Gasteiger partial charge in [0, 0.05) is 46.5 Å². The molecule has 0 N–H and O–H groups in total. The summed E-state index contributed by atoms with van der Waals surface area (Å²) >= 11 is 0. The highest BCUT2D eigenvalue weighted by Gasteiger charge is 2.32. The zero-order chi connectivity index (χ0) is 17.5. The number of carbonyl (C=O) groups is 1. The van der Waals surface area contributed by atoms with Crippen LogP contribution in [0, 0.1) is 6.92 Å². The van der Waals surface area contributed by atoms with Crippen molar-refractivity contribution in [3.63, 3.8) is 0 Å². The third-order valence-corrected chi connectivity index (χ3v) is 6.29. The second-order valence-corrected chi connectivity index (χ2v) is 7.72. The van der Waals surface area contributed by atoms with Crippen molar-refractivity contribution in [2.75, 3.05) is 26.2 Å². The third-order valence-electron chi connectivity index (χ3n) is 4.29. The van der Waals surface area contributed by atoms with E-state index in [0.29, 0.717) is 24.3 Å². The van der Waals surface area contributed by atoms with Crippen LogP contribution in [0.4, 0.5) is 0 Å². The summed E-state index contributed by atoms with van der Waals surface area (Å²) in [5.74, 6) is -0.127. The van der Waals surface area contributed by atoms with Crippen LogP contribution in [0.1, 0.15) is 16.1 Å². The van der Waals surface area contributed by atoms with Gasteiger partial charge in [0.15, 0.2) is 0 Å². The summed E-state index contributed by atoms with van der Waals surface area (Å²) in [5.41, 5.74) is 1.11. The van der Waals surface area contributed by atoms with Gasteiger partial charge in [-0.25, -0.2) is 8.42 Å². The molecule has 1 fully saturated rings. The summed E-state index contributed by atoms with van der Waals surface area (Å²) in [7, 11) is -0.131. The lowest BCUT2D eigenvalue weighted by Crippen LogP contribution is -2.50. The van der Waals surface area contributed by atoms with E-state index >= 15 is 0 Å². The highest BCUT2D eigenvalue weighted by molar-refractivity contribution is 7.89. The highest BCUT2D eigenvalue weighted by atomic mass is 32.2. The van der Waals surface area contributed by atoms with Crippen molar-refractivity contribution in [2.24, 2.45) is 14.1 Å². The number of amides is 1. The lowest BCUT2D eigenvalue weighted by Gasteiger charge is -2.33. The number of rotatable bonds is 3. The Bertz CT molecular complexity index is 861. The zero-order valence-electron chi connectivity index (χ0n) is 13.9. The Labute approximate surface area is 140 Å². The molecule has 0 radical (unpaired) electrons. The molecule has 9 nitrogen and oxygen atoms in total. The van der Waals surface area contributed by atoms with Gasteiger partial charge in [0.05, 0.1) is 23.7 Å². The molecular weight excluding hydrogens is 332 g/mol. The molecule has 0 spiro atoms. The van der Waals surface area contributed by atoms with Crippen LogP contribution < -0.4 is 0 Å². The van der Waals surface area contributed by atoms with E-state index in [0.717, 1.165) is 0 Å². The molecule has 0 bridgehead atoms. The number of hydrogen-bond acceptors (Lipinski definition) is 5. The van der Waals surface area contributed by atoms with E-state index in [9.17, 15) is 13.2 Å². The molecule has 2 aromatic rings. The molecule has 1 aliphatic heterocycles. The van der Waals surface area contributed by atoms with Crippen LogP contribution in [0.15, 0.2) is 23.5 Å². The molecule has 0 unspecified atom stereocenters. The summed E-state index contributed by atoms with van der Waals surface area (Å²) in [6.07, 6.45) is 4.55. The zero-order valence-corrected chi connectivity index (χ0v) is 14.7. The van der Waals surface area contributed by atoms with Crippen molar-refractivity contribution < 1.29 is 13.2 Å². The second-order valence-electron chi connectivity index (χ2n) is 5.82. The maximum absolute atomic E-state index is 12.7. The fourth-order valence-electron chi connectivity index (χ4n) is 2.72. The standard InChI is InChI=1S/C14H20N6O3S/c1-11-13(9-16-18(11)3)24(22,23)20-6-4-19(5-7-20)14(21)12-8-15-17(2)10-12/h8-10H,4-7H2,1-3H3. The number of hydrogen-bond donors (Lipinski definition) is 0. The molecule has 1 aliphatic rings. The minimum atomic E-state index is -3.59. The fourth-order valence-corrected chi connectivity index (χ4v) is 4.32. The van der Waals surface area contributed by atoms with Gasteiger partial charge >= 0.3 is 0 Å². The van der Waals surface area contributed by atoms with E-state index in [-0.39, 0.29) is 23.9 Å². The Hall–Kier alpha value is -2.20.